The van der Waals surface area contributed by atoms with Crippen LogP contribution in [-0.4, -0.2) is 37.2 Å². The summed E-state index contributed by atoms with van der Waals surface area (Å²) in [5.41, 5.74) is 0. The summed E-state index contributed by atoms with van der Waals surface area (Å²) in [4.78, 5) is 38.3. The Morgan fingerprint density at radius 2 is 0.481 bits per heavy atom. The second-order valence-electron chi connectivity index (χ2n) is 22.7. The highest BCUT2D eigenvalue weighted by Crippen LogP contribution is 2.17. The summed E-state index contributed by atoms with van der Waals surface area (Å²) >= 11 is 0. The van der Waals surface area contributed by atoms with Crippen LogP contribution < -0.4 is 0 Å². The van der Waals surface area contributed by atoms with Crippen LogP contribution in [-0.2, 0) is 28.6 Å². The van der Waals surface area contributed by atoms with Crippen LogP contribution in [0, 0.1) is 0 Å². The van der Waals surface area contributed by atoms with Gasteiger partial charge in [0.15, 0.2) is 6.10 Å². The highest BCUT2D eigenvalue weighted by molar-refractivity contribution is 5.71. The van der Waals surface area contributed by atoms with Crippen LogP contribution in [0.4, 0.5) is 0 Å². The van der Waals surface area contributed by atoms with Crippen molar-refractivity contribution < 1.29 is 28.6 Å². The van der Waals surface area contributed by atoms with Crippen LogP contribution in [0.2, 0.25) is 0 Å². The molecule has 0 saturated heterocycles. The first-order valence-electron chi connectivity index (χ1n) is 34.4. The molecule has 6 nitrogen and oxygen atoms in total. The molecular weight excluding hydrogens is 997 g/mol. The maximum Gasteiger partial charge on any atom is 0.306 e. The molecule has 0 saturated carbocycles. The van der Waals surface area contributed by atoms with Gasteiger partial charge in [-0.3, -0.25) is 14.4 Å². The van der Waals surface area contributed by atoms with Gasteiger partial charge in [0.1, 0.15) is 13.2 Å². The van der Waals surface area contributed by atoms with Crippen molar-refractivity contribution in [1.82, 2.24) is 0 Å². The van der Waals surface area contributed by atoms with Crippen molar-refractivity contribution in [1.29, 1.82) is 0 Å². The molecule has 1 unspecified atom stereocenters. The molecule has 0 aliphatic heterocycles. The van der Waals surface area contributed by atoms with E-state index in [2.05, 4.69) is 130 Å². The van der Waals surface area contributed by atoms with E-state index >= 15 is 0 Å². The highest BCUT2D eigenvalue weighted by atomic mass is 16.6. The number of ether oxygens (including phenoxy) is 3. The number of unbranched alkanes of at least 4 members (excludes halogenated alkanes) is 33. The van der Waals surface area contributed by atoms with Gasteiger partial charge in [-0.25, -0.2) is 0 Å². The Kier molecular flexibility index (Phi) is 65.2. The first-order valence-corrected chi connectivity index (χ1v) is 34.4. The third-order valence-corrected chi connectivity index (χ3v) is 14.8. The number of esters is 3. The van der Waals surface area contributed by atoms with Crippen LogP contribution in [0.15, 0.2) is 109 Å². The van der Waals surface area contributed by atoms with E-state index in [9.17, 15) is 14.4 Å². The summed E-state index contributed by atoms with van der Waals surface area (Å²) in [7, 11) is 0. The maximum atomic E-state index is 12.9. The van der Waals surface area contributed by atoms with E-state index in [0.29, 0.717) is 19.3 Å². The lowest BCUT2D eigenvalue weighted by molar-refractivity contribution is -0.167. The van der Waals surface area contributed by atoms with E-state index < -0.39 is 6.10 Å². The van der Waals surface area contributed by atoms with Crippen LogP contribution in [0.3, 0.4) is 0 Å². The Balaban J connectivity index is 4.16. The summed E-state index contributed by atoms with van der Waals surface area (Å²) in [5, 5.41) is 0. The molecule has 0 rings (SSSR count). The summed E-state index contributed by atoms with van der Waals surface area (Å²) in [6.07, 6.45) is 94.1. The fourth-order valence-corrected chi connectivity index (χ4v) is 9.63. The number of carbonyl (C=O) groups excluding carboxylic acids is 3. The fraction of sp³-hybridized carbons (Fsp3) is 0.720. The molecule has 0 spiro atoms. The molecular formula is C75H128O6. The molecule has 0 aromatic carbocycles. The molecule has 464 valence electrons. The first kappa shape index (κ1) is 77.1. The smallest absolute Gasteiger partial charge is 0.306 e. The average Bonchev–Trinajstić information content (AvgIpc) is 3.47. The van der Waals surface area contributed by atoms with E-state index in [1.165, 1.54) is 167 Å². The van der Waals surface area contributed by atoms with Gasteiger partial charge in [-0.05, 0) is 109 Å². The molecule has 0 aliphatic rings. The van der Waals surface area contributed by atoms with E-state index in [0.717, 1.165) is 122 Å². The second-order valence-corrected chi connectivity index (χ2v) is 22.7. The van der Waals surface area contributed by atoms with Gasteiger partial charge in [-0.2, -0.15) is 0 Å². The van der Waals surface area contributed by atoms with Gasteiger partial charge in [0.2, 0.25) is 0 Å². The quantitative estimate of drug-likeness (QED) is 0.0261. The van der Waals surface area contributed by atoms with Gasteiger partial charge in [-0.15, -0.1) is 0 Å². The Labute approximate surface area is 501 Å². The van der Waals surface area contributed by atoms with Crippen molar-refractivity contribution in [3.63, 3.8) is 0 Å². The van der Waals surface area contributed by atoms with Crippen LogP contribution in [0.1, 0.15) is 329 Å². The van der Waals surface area contributed by atoms with Crippen molar-refractivity contribution in [2.75, 3.05) is 13.2 Å². The van der Waals surface area contributed by atoms with Crippen molar-refractivity contribution in [3.05, 3.63) is 109 Å². The third-order valence-electron chi connectivity index (χ3n) is 14.8. The predicted molar refractivity (Wildman–Crippen MR) is 353 cm³/mol. The molecule has 0 aliphatic carbocycles. The van der Waals surface area contributed by atoms with Gasteiger partial charge in [0.05, 0.1) is 0 Å². The topological polar surface area (TPSA) is 78.9 Å². The van der Waals surface area contributed by atoms with Crippen LogP contribution in [0.25, 0.3) is 0 Å². The SMILES string of the molecule is CC/C=C\C/C=C\C/C=C\C/C=C\C/C=C\C/C=C\CCCCCCCCCCCCCCCCC(=O)OCC(COC(=O)CCCCCCCCCCC)OC(=O)CCCCCCCC/C=C\C/C=C\C/C=C\CCCCCCC. The summed E-state index contributed by atoms with van der Waals surface area (Å²) in [5.74, 6) is -0.885. The molecule has 0 heterocycles. The molecule has 0 fully saturated rings. The molecule has 81 heavy (non-hydrogen) atoms. The van der Waals surface area contributed by atoms with Crippen LogP contribution in [0.5, 0.6) is 0 Å². The normalized spacial score (nSPS) is 12.8. The average molecular weight is 1130 g/mol. The number of hydrogen-bond donors (Lipinski definition) is 0. The van der Waals surface area contributed by atoms with E-state index in [4.69, 9.17) is 14.2 Å². The molecule has 0 N–H and O–H groups in total. The Morgan fingerprint density at radius 3 is 0.753 bits per heavy atom. The van der Waals surface area contributed by atoms with Crippen LogP contribution >= 0.6 is 0 Å². The predicted octanol–water partition coefficient (Wildman–Crippen LogP) is 23.8. The van der Waals surface area contributed by atoms with Crippen molar-refractivity contribution in [2.45, 2.75) is 335 Å². The minimum absolute atomic E-state index is 0.0804. The third kappa shape index (κ3) is 66.8. The zero-order valence-corrected chi connectivity index (χ0v) is 53.3. The van der Waals surface area contributed by atoms with Crippen molar-refractivity contribution in [2.24, 2.45) is 0 Å². The van der Waals surface area contributed by atoms with Gasteiger partial charge < -0.3 is 14.2 Å². The van der Waals surface area contributed by atoms with Gasteiger partial charge >= 0.3 is 17.9 Å². The van der Waals surface area contributed by atoms with Gasteiger partial charge in [-0.1, -0.05) is 310 Å². The van der Waals surface area contributed by atoms with E-state index in [-0.39, 0.29) is 31.1 Å². The molecule has 0 aromatic heterocycles. The maximum absolute atomic E-state index is 12.9. The first-order chi connectivity index (χ1) is 40.0. The Bertz CT molecular complexity index is 1620. The van der Waals surface area contributed by atoms with Gasteiger partial charge in [0.25, 0.3) is 0 Å². The van der Waals surface area contributed by atoms with Crippen molar-refractivity contribution in [3.8, 4) is 0 Å². The summed E-state index contributed by atoms with van der Waals surface area (Å²) < 4.78 is 16.9. The molecule has 6 heteroatoms. The monoisotopic (exact) mass is 1120 g/mol. The Morgan fingerprint density at radius 1 is 0.259 bits per heavy atom. The number of rotatable bonds is 62. The molecule has 1 atom stereocenters. The number of carbonyl (C=O) groups is 3. The fourth-order valence-electron chi connectivity index (χ4n) is 9.63. The second kappa shape index (κ2) is 68.6. The lowest BCUT2D eigenvalue weighted by Crippen LogP contribution is -2.30. The molecule has 0 bridgehead atoms. The summed E-state index contributed by atoms with van der Waals surface area (Å²) in [6, 6.07) is 0. The van der Waals surface area contributed by atoms with Crippen molar-refractivity contribution >= 4 is 17.9 Å². The molecule has 0 radical (unpaired) electrons. The molecule has 0 aromatic rings. The minimum Gasteiger partial charge on any atom is -0.462 e. The zero-order valence-electron chi connectivity index (χ0n) is 53.3. The summed E-state index contributed by atoms with van der Waals surface area (Å²) in [6.45, 7) is 6.51. The Hall–Kier alpha value is -3.93. The minimum atomic E-state index is -0.784. The largest absolute Gasteiger partial charge is 0.462 e. The standard InChI is InChI=1S/C75H128O6/c1-4-7-10-13-16-19-21-23-25-27-29-31-32-33-34-35-36-37-38-39-40-41-42-44-45-47-49-51-53-56-59-62-65-68-74(77)80-71-72(70-79-73(76)67-64-61-58-55-18-15-12-9-6-3)81-75(78)69-66-63-60-57-54-52-50-48-46-43-30-28-26-24-22-20-17-14-11-8-5-2/h7,10,16,19,22-25,28-31,33-34,36-37,46,48,72H,4-6,8-9,11-15,17-18,20-21,26-27,32,35,38-45,47,49-71H2,1-3H3/b10-7-,19-16-,24-22-,25-23-,30-28-,31-29-,34-33-,37-36-,48-46-. The highest BCUT2D eigenvalue weighted by Gasteiger charge is 2.19. The van der Waals surface area contributed by atoms with E-state index in [1.54, 1.807) is 0 Å². The van der Waals surface area contributed by atoms with E-state index in [1.807, 2.05) is 0 Å². The lowest BCUT2D eigenvalue weighted by Gasteiger charge is -2.18. The number of hydrogen-bond acceptors (Lipinski definition) is 6. The lowest BCUT2D eigenvalue weighted by atomic mass is 10.0. The zero-order chi connectivity index (χ0) is 58.5. The van der Waals surface area contributed by atoms with Gasteiger partial charge in [0, 0.05) is 19.3 Å². The number of allylic oxidation sites excluding steroid dienone is 18. The molecule has 0 amide bonds.